The van der Waals surface area contributed by atoms with Crippen LogP contribution in [-0.2, 0) is 4.79 Å². The summed E-state index contributed by atoms with van der Waals surface area (Å²) in [6.07, 6.45) is -0.135. The standard InChI is InChI=1S/C32H35Cl2N5O4/c1-20(2)43-27-18-25(42-3)12-13-26(27)31-36-29(21-4-8-23(33)9-5-21)30(22-6-10-24(34)11-7-22)39(31)32(41)38-16-14-37(15-17-38)28(40)19-35/h4-13,18,20,29-30H,14-17,19,35H2,1-3H3. The highest BCUT2D eigenvalue weighted by molar-refractivity contribution is 6.30. The quantitative estimate of drug-likeness (QED) is 0.371. The van der Waals surface area contributed by atoms with E-state index in [2.05, 4.69) is 0 Å². The molecule has 3 amide bonds. The molecule has 9 nitrogen and oxygen atoms in total. The van der Waals surface area contributed by atoms with E-state index in [-0.39, 0.29) is 24.6 Å². The van der Waals surface area contributed by atoms with Crippen molar-refractivity contribution in [2.75, 3.05) is 39.8 Å². The molecule has 5 rings (SSSR count). The Bertz CT molecular complexity index is 1490. The van der Waals surface area contributed by atoms with Gasteiger partial charge in [-0.2, -0.15) is 0 Å². The monoisotopic (exact) mass is 623 g/mol. The molecule has 0 saturated carbocycles. The summed E-state index contributed by atoms with van der Waals surface area (Å²) >= 11 is 12.5. The van der Waals surface area contributed by atoms with E-state index >= 15 is 0 Å². The number of amides is 3. The predicted octanol–water partition coefficient (Wildman–Crippen LogP) is 5.56. The highest BCUT2D eigenvalue weighted by Gasteiger charge is 2.45. The second-order valence-electron chi connectivity index (χ2n) is 10.7. The molecule has 0 aromatic heterocycles. The number of aliphatic imine (C=N–C) groups is 1. The molecule has 1 fully saturated rings. The zero-order valence-electron chi connectivity index (χ0n) is 24.4. The Kier molecular flexibility index (Phi) is 9.44. The van der Waals surface area contributed by atoms with Crippen molar-refractivity contribution in [3.63, 3.8) is 0 Å². The van der Waals surface area contributed by atoms with Crippen LogP contribution < -0.4 is 15.2 Å². The van der Waals surface area contributed by atoms with Gasteiger partial charge >= 0.3 is 6.03 Å². The summed E-state index contributed by atoms with van der Waals surface area (Å²) in [5, 5.41) is 1.20. The van der Waals surface area contributed by atoms with E-state index < -0.39 is 12.1 Å². The number of methoxy groups -OCH3 is 1. The zero-order valence-corrected chi connectivity index (χ0v) is 25.9. The number of piperazine rings is 1. The maximum Gasteiger partial charge on any atom is 0.326 e. The third kappa shape index (κ3) is 6.59. The fourth-order valence-electron chi connectivity index (χ4n) is 5.45. The third-order valence-electron chi connectivity index (χ3n) is 7.57. The van der Waals surface area contributed by atoms with Gasteiger partial charge in [-0.1, -0.05) is 47.5 Å². The van der Waals surface area contributed by atoms with Crippen LogP contribution in [0.1, 0.15) is 42.6 Å². The Balaban J connectivity index is 1.64. The van der Waals surface area contributed by atoms with Gasteiger partial charge in [0, 0.05) is 42.3 Å². The first kappa shape index (κ1) is 30.7. The van der Waals surface area contributed by atoms with Crippen molar-refractivity contribution < 1.29 is 19.1 Å². The largest absolute Gasteiger partial charge is 0.497 e. The molecule has 2 aliphatic heterocycles. The van der Waals surface area contributed by atoms with Crippen LogP contribution in [0.4, 0.5) is 4.79 Å². The summed E-state index contributed by atoms with van der Waals surface area (Å²) in [6, 6.07) is 19.3. The Hall–Kier alpha value is -3.79. The molecule has 2 heterocycles. The van der Waals surface area contributed by atoms with Gasteiger partial charge in [-0.3, -0.25) is 14.7 Å². The van der Waals surface area contributed by atoms with Gasteiger partial charge in [0.2, 0.25) is 5.91 Å². The van der Waals surface area contributed by atoms with E-state index in [4.69, 9.17) is 43.4 Å². The minimum absolute atomic E-state index is 0.0611. The molecular formula is C32H35Cl2N5O4. The molecule has 2 aliphatic rings. The number of nitrogens with two attached hydrogens (primary N) is 1. The fraction of sp³-hybridized carbons (Fsp3) is 0.344. The van der Waals surface area contributed by atoms with Crippen LogP contribution in [0.15, 0.2) is 71.7 Å². The highest BCUT2D eigenvalue weighted by atomic mass is 35.5. The van der Waals surface area contributed by atoms with Gasteiger partial charge in [-0.05, 0) is 61.4 Å². The SMILES string of the molecule is COc1ccc(C2=NC(c3ccc(Cl)cc3)C(c3ccc(Cl)cc3)N2C(=O)N2CCN(C(=O)CN)CC2)c(OC(C)C)c1. The average Bonchev–Trinajstić information content (AvgIpc) is 3.41. The highest BCUT2D eigenvalue weighted by Crippen LogP contribution is 2.46. The van der Waals surface area contributed by atoms with Crippen molar-refractivity contribution in [1.29, 1.82) is 0 Å². The first-order valence-corrected chi connectivity index (χ1v) is 15.0. The smallest absolute Gasteiger partial charge is 0.326 e. The Morgan fingerprint density at radius 1 is 0.907 bits per heavy atom. The molecule has 3 aromatic carbocycles. The van der Waals surface area contributed by atoms with Crippen LogP contribution in [0.25, 0.3) is 0 Å². The van der Waals surface area contributed by atoms with Crippen LogP contribution in [0.3, 0.4) is 0 Å². The van der Waals surface area contributed by atoms with E-state index in [1.54, 1.807) is 21.8 Å². The average molecular weight is 625 g/mol. The molecule has 2 N–H and O–H groups in total. The second-order valence-corrected chi connectivity index (χ2v) is 11.6. The molecule has 11 heteroatoms. The molecule has 0 aliphatic carbocycles. The van der Waals surface area contributed by atoms with E-state index in [0.29, 0.717) is 59.1 Å². The van der Waals surface area contributed by atoms with E-state index in [1.165, 1.54) is 0 Å². The summed E-state index contributed by atoms with van der Waals surface area (Å²) in [7, 11) is 1.60. The number of ether oxygens (including phenoxy) is 2. The minimum atomic E-state index is -0.501. The Labute approximate surface area is 261 Å². The first-order valence-electron chi connectivity index (χ1n) is 14.2. The number of halogens is 2. The van der Waals surface area contributed by atoms with Crippen LogP contribution in [-0.4, -0.2) is 78.4 Å². The summed E-state index contributed by atoms with van der Waals surface area (Å²) < 4.78 is 11.7. The first-order chi connectivity index (χ1) is 20.7. The number of carbonyl (C=O) groups is 2. The van der Waals surface area contributed by atoms with Crippen molar-refractivity contribution >= 4 is 41.0 Å². The number of carbonyl (C=O) groups excluding carboxylic acids is 2. The number of amidine groups is 1. The summed E-state index contributed by atoms with van der Waals surface area (Å²) in [5.41, 5.74) is 8.02. The molecule has 0 spiro atoms. The number of benzene rings is 3. The number of nitrogens with zero attached hydrogens (tertiary/aromatic N) is 4. The van der Waals surface area contributed by atoms with Crippen LogP contribution in [0.2, 0.25) is 10.0 Å². The van der Waals surface area contributed by atoms with Gasteiger partial charge < -0.3 is 25.0 Å². The molecule has 3 aromatic rings. The summed E-state index contributed by atoms with van der Waals surface area (Å²) in [5.74, 6) is 1.52. The van der Waals surface area contributed by atoms with Crippen molar-refractivity contribution in [2.45, 2.75) is 32.0 Å². The maximum absolute atomic E-state index is 14.6. The van der Waals surface area contributed by atoms with Crippen molar-refractivity contribution in [3.8, 4) is 11.5 Å². The molecule has 1 saturated heterocycles. The van der Waals surface area contributed by atoms with Gasteiger partial charge in [0.15, 0.2) is 0 Å². The number of hydrogen-bond acceptors (Lipinski definition) is 6. The number of rotatable bonds is 7. The lowest BCUT2D eigenvalue weighted by molar-refractivity contribution is -0.131. The second kappa shape index (κ2) is 13.2. The van der Waals surface area contributed by atoms with Crippen molar-refractivity contribution in [1.82, 2.24) is 14.7 Å². The minimum Gasteiger partial charge on any atom is -0.497 e. The van der Waals surface area contributed by atoms with E-state index in [9.17, 15) is 9.59 Å². The van der Waals surface area contributed by atoms with Crippen molar-refractivity contribution in [2.24, 2.45) is 10.7 Å². The van der Waals surface area contributed by atoms with E-state index in [0.717, 1.165) is 11.1 Å². The van der Waals surface area contributed by atoms with Crippen LogP contribution in [0, 0.1) is 0 Å². The lowest BCUT2D eigenvalue weighted by atomic mass is 9.93. The molecule has 2 atom stereocenters. The fourth-order valence-corrected chi connectivity index (χ4v) is 5.70. The van der Waals surface area contributed by atoms with Gasteiger partial charge in [-0.15, -0.1) is 0 Å². The normalized spacial score (nSPS) is 18.6. The third-order valence-corrected chi connectivity index (χ3v) is 8.07. The Morgan fingerprint density at radius 2 is 1.49 bits per heavy atom. The van der Waals surface area contributed by atoms with Crippen molar-refractivity contribution in [3.05, 3.63) is 93.5 Å². The van der Waals surface area contributed by atoms with Crippen LogP contribution >= 0.6 is 23.2 Å². The number of hydrogen-bond donors (Lipinski definition) is 1. The summed E-state index contributed by atoms with van der Waals surface area (Å²) in [4.78, 5) is 37.3. The van der Waals surface area contributed by atoms with Gasteiger partial charge in [0.05, 0.1) is 31.4 Å². The topological polar surface area (TPSA) is 101 Å². The molecular weight excluding hydrogens is 589 g/mol. The van der Waals surface area contributed by atoms with Crippen LogP contribution in [0.5, 0.6) is 11.5 Å². The maximum atomic E-state index is 14.6. The molecule has 2 unspecified atom stereocenters. The molecule has 43 heavy (non-hydrogen) atoms. The predicted molar refractivity (Wildman–Crippen MR) is 168 cm³/mol. The van der Waals surface area contributed by atoms with Gasteiger partial charge in [-0.25, -0.2) is 4.79 Å². The van der Waals surface area contributed by atoms with Gasteiger partial charge in [0.1, 0.15) is 23.4 Å². The molecule has 0 radical (unpaired) electrons. The zero-order chi connectivity index (χ0) is 30.7. The number of urea groups is 1. The molecule has 0 bridgehead atoms. The lowest BCUT2D eigenvalue weighted by Crippen LogP contribution is -2.55. The van der Waals surface area contributed by atoms with Gasteiger partial charge in [0.25, 0.3) is 0 Å². The molecule has 226 valence electrons. The Morgan fingerprint density at radius 3 is 2.05 bits per heavy atom. The van der Waals surface area contributed by atoms with E-state index in [1.807, 2.05) is 80.6 Å². The lowest BCUT2D eigenvalue weighted by Gasteiger charge is -2.39. The summed E-state index contributed by atoms with van der Waals surface area (Å²) in [6.45, 7) is 5.36.